The van der Waals surface area contributed by atoms with E-state index in [2.05, 4.69) is 10.6 Å². The summed E-state index contributed by atoms with van der Waals surface area (Å²) in [4.78, 5) is 43.7. The Hall–Kier alpha value is -4.10. The van der Waals surface area contributed by atoms with Crippen molar-refractivity contribution in [1.82, 2.24) is 15.1 Å². The highest BCUT2D eigenvalue weighted by molar-refractivity contribution is 6.31. The molecule has 2 atom stereocenters. The Morgan fingerprint density at radius 1 is 1.03 bits per heavy atom. The molecule has 0 aliphatic carbocycles. The van der Waals surface area contributed by atoms with Gasteiger partial charge < -0.3 is 15.5 Å². The number of amides is 4. The average Bonchev–Trinajstić information content (AvgIpc) is 3.25. The lowest BCUT2D eigenvalue weighted by Gasteiger charge is -2.31. The number of carbonyl (C=O) groups excluding carboxylic acids is 3. The summed E-state index contributed by atoms with van der Waals surface area (Å²) in [6, 6.07) is 20.7. The number of halogens is 1. The van der Waals surface area contributed by atoms with Crippen LogP contribution in [0.2, 0.25) is 5.02 Å². The van der Waals surface area contributed by atoms with Crippen molar-refractivity contribution in [2.24, 2.45) is 0 Å². The van der Waals surface area contributed by atoms with Crippen LogP contribution in [0, 0.1) is 13.8 Å². The molecule has 2 aliphatic heterocycles. The molecule has 2 aliphatic rings. The van der Waals surface area contributed by atoms with Crippen LogP contribution in [0.5, 0.6) is 0 Å². The van der Waals surface area contributed by atoms with E-state index < -0.39 is 12.1 Å². The van der Waals surface area contributed by atoms with Gasteiger partial charge in [0.15, 0.2) is 0 Å². The third-order valence-corrected chi connectivity index (χ3v) is 7.67. The summed E-state index contributed by atoms with van der Waals surface area (Å²) in [7, 11) is 1.63. The highest BCUT2D eigenvalue weighted by atomic mass is 35.5. The van der Waals surface area contributed by atoms with Crippen LogP contribution in [-0.4, -0.2) is 47.3 Å². The fourth-order valence-corrected chi connectivity index (χ4v) is 5.25. The first-order valence-electron chi connectivity index (χ1n) is 12.5. The Kier molecular flexibility index (Phi) is 6.95. The van der Waals surface area contributed by atoms with Crippen molar-refractivity contribution < 1.29 is 14.4 Å². The van der Waals surface area contributed by atoms with E-state index >= 15 is 0 Å². The first-order valence-corrected chi connectivity index (χ1v) is 12.9. The third kappa shape index (κ3) is 4.77. The predicted octanol–water partition coefficient (Wildman–Crippen LogP) is 5.00. The smallest absolute Gasteiger partial charge is 0.322 e. The largest absolute Gasteiger partial charge is 0.326 e. The second-order valence-corrected chi connectivity index (χ2v) is 10.2. The van der Waals surface area contributed by atoms with Crippen molar-refractivity contribution in [3.8, 4) is 0 Å². The Morgan fingerprint density at radius 3 is 2.45 bits per heavy atom. The summed E-state index contributed by atoms with van der Waals surface area (Å²) in [5.41, 5.74) is 5.42. The highest BCUT2D eigenvalue weighted by Gasteiger charge is 2.46. The summed E-state index contributed by atoms with van der Waals surface area (Å²) in [5.74, 6) is -0.588. The van der Waals surface area contributed by atoms with E-state index in [-0.39, 0.29) is 24.4 Å². The normalized spacial score (nSPS) is 17.8. The number of rotatable bonds is 6. The molecular formula is C30H29ClN4O3. The number of likely N-dealkylation sites (N-methyl/N-ethyl adjacent to an activating group) is 1. The zero-order valence-corrected chi connectivity index (χ0v) is 22.3. The Labute approximate surface area is 227 Å². The van der Waals surface area contributed by atoms with Gasteiger partial charge in [-0.15, -0.1) is 0 Å². The number of nitrogens with zero attached hydrogens (tertiary/aromatic N) is 2. The monoisotopic (exact) mass is 528 g/mol. The Bertz CT molecular complexity index is 1450. The maximum absolute atomic E-state index is 14.0. The lowest BCUT2D eigenvalue weighted by Crippen LogP contribution is -2.47. The van der Waals surface area contributed by atoms with Crippen molar-refractivity contribution in [3.63, 3.8) is 0 Å². The first kappa shape index (κ1) is 25.5. The Morgan fingerprint density at radius 2 is 1.74 bits per heavy atom. The van der Waals surface area contributed by atoms with Crippen molar-refractivity contribution >= 4 is 35.1 Å². The van der Waals surface area contributed by atoms with Crippen molar-refractivity contribution in [2.75, 3.05) is 18.9 Å². The van der Waals surface area contributed by atoms with E-state index in [1.807, 2.05) is 68.4 Å². The van der Waals surface area contributed by atoms with Crippen LogP contribution in [0.15, 0.2) is 84.1 Å². The lowest BCUT2D eigenvalue weighted by atomic mass is 9.95. The molecule has 0 radical (unpaired) electrons. The minimum absolute atomic E-state index is 0.136. The van der Waals surface area contributed by atoms with Gasteiger partial charge in [-0.3, -0.25) is 14.5 Å². The molecular weight excluding hydrogens is 500 g/mol. The van der Waals surface area contributed by atoms with E-state index in [4.69, 9.17) is 11.6 Å². The van der Waals surface area contributed by atoms with Crippen LogP contribution >= 0.6 is 11.6 Å². The van der Waals surface area contributed by atoms with Crippen LogP contribution in [-0.2, 0) is 16.0 Å². The lowest BCUT2D eigenvalue weighted by molar-refractivity contribution is -0.134. The maximum Gasteiger partial charge on any atom is 0.322 e. The molecule has 0 saturated heterocycles. The second-order valence-electron chi connectivity index (χ2n) is 9.75. The van der Waals surface area contributed by atoms with Gasteiger partial charge in [0.1, 0.15) is 6.04 Å². The van der Waals surface area contributed by atoms with E-state index in [9.17, 15) is 14.4 Å². The molecule has 38 heavy (non-hydrogen) atoms. The number of benzene rings is 3. The van der Waals surface area contributed by atoms with Gasteiger partial charge in [0.2, 0.25) is 5.91 Å². The number of urea groups is 1. The van der Waals surface area contributed by atoms with E-state index in [0.717, 1.165) is 16.7 Å². The number of hydrogen-bond donors (Lipinski definition) is 2. The van der Waals surface area contributed by atoms with Crippen LogP contribution < -0.4 is 10.6 Å². The van der Waals surface area contributed by atoms with Gasteiger partial charge in [-0.1, -0.05) is 66.2 Å². The molecule has 0 aromatic heterocycles. The van der Waals surface area contributed by atoms with E-state index in [0.29, 0.717) is 34.0 Å². The van der Waals surface area contributed by atoms with Crippen molar-refractivity contribution in [3.05, 3.63) is 111 Å². The number of hydrogen-bond acceptors (Lipinski definition) is 3. The van der Waals surface area contributed by atoms with Crippen LogP contribution in [0.3, 0.4) is 0 Å². The van der Waals surface area contributed by atoms with Gasteiger partial charge in [0.25, 0.3) is 5.91 Å². The summed E-state index contributed by atoms with van der Waals surface area (Å²) in [5, 5.41) is 6.38. The van der Waals surface area contributed by atoms with Gasteiger partial charge in [-0.2, -0.15) is 0 Å². The molecule has 2 heterocycles. The topological polar surface area (TPSA) is 81.8 Å². The van der Waals surface area contributed by atoms with Crippen LogP contribution in [0.4, 0.5) is 10.5 Å². The molecule has 0 bridgehead atoms. The molecule has 2 N–H and O–H groups in total. The molecule has 5 rings (SSSR count). The average molecular weight is 529 g/mol. The number of anilines is 1. The molecule has 0 saturated carbocycles. The third-order valence-electron chi connectivity index (χ3n) is 7.33. The van der Waals surface area contributed by atoms with Crippen molar-refractivity contribution in [2.45, 2.75) is 32.4 Å². The van der Waals surface area contributed by atoms with E-state index in [1.165, 1.54) is 4.90 Å². The van der Waals surface area contributed by atoms with Crippen LogP contribution in [0.1, 0.15) is 28.3 Å². The fourth-order valence-electron chi connectivity index (χ4n) is 5.01. The van der Waals surface area contributed by atoms with Gasteiger partial charge in [-0.25, -0.2) is 4.79 Å². The van der Waals surface area contributed by atoms with E-state index in [1.54, 1.807) is 30.1 Å². The molecule has 3 aromatic carbocycles. The van der Waals surface area contributed by atoms with Crippen molar-refractivity contribution in [1.29, 1.82) is 0 Å². The number of nitrogens with one attached hydrogen (secondary N) is 2. The van der Waals surface area contributed by atoms with Gasteiger partial charge in [0, 0.05) is 24.2 Å². The summed E-state index contributed by atoms with van der Waals surface area (Å²) >= 11 is 6.47. The quantitative estimate of drug-likeness (QED) is 0.472. The summed E-state index contributed by atoms with van der Waals surface area (Å²) < 4.78 is 0. The van der Waals surface area contributed by atoms with Crippen LogP contribution in [0.25, 0.3) is 0 Å². The Balaban J connectivity index is 1.50. The molecule has 0 spiro atoms. The van der Waals surface area contributed by atoms with Gasteiger partial charge in [-0.05, 0) is 54.3 Å². The zero-order valence-electron chi connectivity index (χ0n) is 21.5. The standard InChI is InChI=1S/C30H29ClN4O3/c1-18-13-14-21(15-19(18)2)32-28(36)24(16-20-9-5-4-6-10-20)35-17-25-26(29(35)37)27(33-30(38)34(25)3)22-11-7-8-12-23(22)31/h4-15,24,27H,16-17H2,1-3H3,(H,32,36)(H,33,38)/t24-,27+/m1/s1. The molecule has 8 heteroatoms. The second kappa shape index (κ2) is 10.3. The van der Waals surface area contributed by atoms with Gasteiger partial charge in [0.05, 0.1) is 23.9 Å². The summed E-state index contributed by atoms with van der Waals surface area (Å²) in [6.07, 6.45) is 0.325. The minimum atomic E-state index is -0.799. The minimum Gasteiger partial charge on any atom is -0.326 e. The molecule has 0 unspecified atom stereocenters. The molecule has 4 amide bonds. The maximum atomic E-state index is 14.0. The summed E-state index contributed by atoms with van der Waals surface area (Å²) in [6.45, 7) is 4.14. The first-order chi connectivity index (χ1) is 18.2. The highest BCUT2D eigenvalue weighted by Crippen LogP contribution is 2.39. The number of carbonyl (C=O) groups is 3. The molecule has 0 fully saturated rings. The fraction of sp³-hybridized carbons (Fsp3) is 0.233. The molecule has 194 valence electrons. The molecule has 7 nitrogen and oxygen atoms in total. The SMILES string of the molecule is Cc1ccc(NC(=O)[C@@H](Cc2ccccc2)N2CC3=C(C2=O)[C@H](c2ccccc2Cl)NC(=O)N3C)cc1C. The zero-order chi connectivity index (χ0) is 27.0. The molecule has 3 aromatic rings. The number of aryl methyl sites for hydroxylation is 2. The predicted molar refractivity (Wildman–Crippen MR) is 148 cm³/mol. The van der Waals surface area contributed by atoms with Gasteiger partial charge >= 0.3 is 6.03 Å².